The standard InChI is InChI=1S/C20H33N3/c1-20(2,3)17-6-5-7-19(16-17)22-10-8-18(9-11-22)23-14-12-21(4)13-15-23/h5-7,16,18H,8-15H2,1-4H3. The first-order valence-electron chi connectivity index (χ1n) is 9.21. The highest BCUT2D eigenvalue weighted by Crippen LogP contribution is 2.28. The van der Waals surface area contributed by atoms with Crippen LogP contribution in [0.15, 0.2) is 24.3 Å². The number of hydrogen-bond donors (Lipinski definition) is 0. The van der Waals surface area contributed by atoms with Crippen molar-refractivity contribution in [1.82, 2.24) is 9.80 Å². The fourth-order valence-corrected chi connectivity index (χ4v) is 3.85. The summed E-state index contributed by atoms with van der Waals surface area (Å²) in [5, 5.41) is 0. The third-order valence-corrected chi connectivity index (χ3v) is 5.60. The summed E-state index contributed by atoms with van der Waals surface area (Å²) in [7, 11) is 2.24. The second-order valence-electron chi connectivity index (χ2n) is 8.36. The van der Waals surface area contributed by atoms with E-state index >= 15 is 0 Å². The maximum atomic E-state index is 2.73. The first-order valence-corrected chi connectivity index (χ1v) is 9.21. The molecule has 2 fully saturated rings. The van der Waals surface area contributed by atoms with Gasteiger partial charge >= 0.3 is 0 Å². The second-order valence-corrected chi connectivity index (χ2v) is 8.36. The van der Waals surface area contributed by atoms with Crippen LogP contribution in [0.1, 0.15) is 39.2 Å². The van der Waals surface area contributed by atoms with Gasteiger partial charge in [0, 0.05) is 51.0 Å². The number of benzene rings is 1. The Balaban J connectivity index is 1.59. The predicted octanol–water partition coefficient (Wildman–Crippen LogP) is 3.20. The van der Waals surface area contributed by atoms with Crippen LogP contribution < -0.4 is 4.90 Å². The molecule has 0 radical (unpaired) electrons. The van der Waals surface area contributed by atoms with Crippen LogP contribution in [0.3, 0.4) is 0 Å². The molecule has 1 aromatic rings. The zero-order valence-electron chi connectivity index (χ0n) is 15.4. The van der Waals surface area contributed by atoms with E-state index in [4.69, 9.17) is 0 Å². The smallest absolute Gasteiger partial charge is 0.0369 e. The summed E-state index contributed by atoms with van der Waals surface area (Å²) in [5.41, 5.74) is 3.08. The Kier molecular flexibility index (Phi) is 4.98. The number of piperidine rings is 1. The van der Waals surface area contributed by atoms with Gasteiger partial charge in [0.1, 0.15) is 0 Å². The molecule has 3 rings (SSSR count). The molecule has 23 heavy (non-hydrogen) atoms. The van der Waals surface area contributed by atoms with Crippen LogP contribution in [-0.4, -0.2) is 62.2 Å². The maximum Gasteiger partial charge on any atom is 0.0369 e. The molecular formula is C20H33N3. The lowest BCUT2D eigenvalue weighted by Crippen LogP contribution is -2.52. The fourth-order valence-electron chi connectivity index (χ4n) is 3.85. The van der Waals surface area contributed by atoms with Crippen LogP contribution in [0.4, 0.5) is 5.69 Å². The van der Waals surface area contributed by atoms with Crippen LogP contribution in [0.25, 0.3) is 0 Å². The third kappa shape index (κ3) is 4.07. The SMILES string of the molecule is CN1CCN(C2CCN(c3cccc(C(C)(C)C)c3)CC2)CC1. The van der Waals surface area contributed by atoms with Gasteiger partial charge < -0.3 is 9.80 Å². The molecule has 3 nitrogen and oxygen atoms in total. The summed E-state index contributed by atoms with van der Waals surface area (Å²) < 4.78 is 0. The predicted molar refractivity (Wildman–Crippen MR) is 99.4 cm³/mol. The van der Waals surface area contributed by atoms with Crippen molar-refractivity contribution in [2.45, 2.75) is 45.1 Å². The number of hydrogen-bond acceptors (Lipinski definition) is 3. The Morgan fingerprint density at radius 1 is 0.913 bits per heavy atom. The molecule has 0 unspecified atom stereocenters. The van der Waals surface area contributed by atoms with Crippen molar-refractivity contribution in [3.63, 3.8) is 0 Å². The van der Waals surface area contributed by atoms with Gasteiger partial charge in [-0.25, -0.2) is 0 Å². The number of rotatable bonds is 2. The molecule has 3 heteroatoms. The van der Waals surface area contributed by atoms with Gasteiger partial charge in [-0.15, -0.1) is 0 Å². The lowest BCUT2D eigenvalue weighted by Gasteiger charge is -2.42. The average molecular weight is 316 g/mol. The van der Waals surface area contributed by atoms with E-state index in [1.807, 2.05) is 0 Å². The second kappa shape index (κ2) is 6.82. The van der Waals surface area contributed by atoms with E-state index in [0.717, 1.165) is 6.04 Å². The van der Waals surface area contributed by atoms with E-state index < -0.39 is 0 Å². The fraction of sp³-hybridized carbons (Fsp3) is 0.700. The number of piperazine rings is 1. The Bertz CT molecular complexity index is 504. The molecule has 0 bridgehead atoms. The van der Waals surface area contributed by atoms with Gasteiger partial charge in [-0.05, 0) is 43.0 Å². The lowest BCUT2D eigenvalue weighted by atomic mass is 9.86. The zero-order valence-corrected chi connectivity index (χ0v) is 15.4. The van der Waals surface area contributed by atoms with Crippen molar-refractivity contribution in [3.05, 3.63) is 29.8 Å². The van der Waals surface area contributed by atoms with Crippen molar-refractivity contribution in [2.24, 2.45) is 0 Å². The highest BCUT2D eigenvalue weighted by atomic mass is 15.3. The van der Waals surface area contributed by atoms with E-state index in [9.17, 15) is 0 Å². The van der Waals surface area contributed by atoms with Crippen molar-refractivity contribution >= 4 is 5.69 Å². The zero-order chi connectivity index (χ0) is 16.4. The number of anilines is 1. The molecule has 0 aromatic heterocycles. The Hall–Kier alpha value is -1.06. The van der Waals surface area contributed by atoms with E-state index in [1.165, 1.54) is 63.4 Å². The van der Waals surface area contributed by atoms with Crippen molar-refractivity contribution in [2.75, 3.05) is 51.2 Å². The largest absolute Gasteiger partial charge is 0.371 e. The normalized spacial score (nSPS) is 22.5. The molecule has 2 heterocycles. The topological polar surface area (TPSA) is 9.72 Å². The van der Waals surface area contributed by atoms with Crippen LogP contribution in [0, 0.1) is 0 Å². The average Bonchev–Trinajstić information content (AvgIpc) is 2.55. The van der Waals surface area contributed by atoms with Crippen LogP contribution >= 0.6 is 0 Å². The van der Waals surface area contributed by atoms with Gasteiger partial charge in [-0.2, -0.15) is 0 Å². The number of likely N-dealkylation sites (N-methyl/N-ethyl adjacent to an activating group) is 1. The first kappa shape index (κ1) is 16.8. The molecule has 0 amide bonds. The molecule has 0 atom stereocenters. The van der Waals surface area contributed by atoms with E-state index in [-0.39, 0.29) is 5.41 Å². The molecule has 2 aliphatic rings. The molecule has 2 saturated heterocycles. The van der Waals surface area contributed by atoms with E-state index in [1.54, 1.807) is 0 Å². The Morgan fingerprint density at radius 2 is 1.57 bits per heavy atom. The van der Waals surface area contributed by atoms with Gasteiger partial charge in [0.05, 0.1) is 0 Å². The number of nitrogens with zero attached hydrogens (tertiary/aromatic N) is 3. The molecule has 128 valence electrons. The molecule has 0 spiro atoms. The minimum atomic E-state index is 0.230. The third-order valence-electron chi connectivity index (χ3n) is 5.60. The maximum absolute atomic E-state index is 2.73. The first-order chi connectivity index (χ1) is 10.9. The summed E-state index contributed by atoms with van der Waals surface area (Å²) in [6, 6.07) is 9.97. The van der Waals surface area contributed by atoms with Crippen molar-refractivity contribution < 1.29 is 0 Å². The minimum Gasteiger partial charge on any atom is -0.371 e. The van der Waals surface area contributed by atoms with Gasteiger partial charge in [0.25, 0.3) is 0 Å². The monoisotopic (exact) mass is 315 g/mol. The van der Waals surface area contributed by atoms with Crippen molar-refractivity contribution in [1.29, 1.82) is 0 Å². The molecular weight excluding hydrogens is 282 g/mol. The van der Waals surface area contributed by atoms with Gasteiger partial charge in [-0.1, -0.05) is 32.9 Å². The van der Waals surface area contributed by atoms with Crippen LogP contribution in [0.2, 0.25) is 0 Å². The molecule has 1 aromatic carbocycles. The molecule has 0 aliphatic carbocycles. The highest BCUT2D eigenvalue weighted by Gasteiger charge is 2.27. The highest BCUT2D eigenvalue weighted by molar-refractivity contribution is 5.50. The molecule has 0 saturated carbocycles. The van der Waals surface area contributed by atoms with Gasteiger partial charge in [-0.3, -0.25) is 4.90 Å². The van der Waals surface area contributed by atoms with E-state index in [2.05, 4.69) is 66.8 Å². The molecule has 0 N–H and O–H groups in total. The summed E-state index contributed by atoms with van der Waals surface area (Å²) in [6.07, 6.45) is 2.62. The Labute approximate surface area is 142 Å². The quantitative estimate of drug-likeness (QED) is 0.830. The lowest BCUT2D eigenvalue weighted by molar-refractivity contribution is 0.0982. The minimum absolute atomic E-state index is 0.230. The summed E-state index contributed by atoms with van der Waals surface area (Å²) >= 11 is 0. The molecule has 2 aliphatic heterocycles. The van der Waals surface area contributed by atoms with E-state index in [0.29, 0.717) is 0 Å². The van der Waals surface area contributed by atoms with Crippen LogP contribution in [0.5, 0.6) is 0 Å². The van der Waals surface area contributed by atoms with Gasteiger partial charge in [0.2, 0.25) is 0 Å². The van der Waals surface area contributed by atoms with Crippen LogP contribution in [-0.2, 0) is 5.41 Å². The van der Waals surface area contributed by atoms with Gasteiger partial charge in [0.15, 0.2) is 0 Å². The summed E-state index contributed by atoms with van der Waals surface area (Å²) in [4.78, 5) is 7.76. The summed E-state index contributed by atoms with van der Waals surface area (Å²) in [6.45, 7) is 14.3. The summed E-state index contributed by atoms with van der Waals surface area (Å²) in [5.74, 6) is 0. The van der Waals surface area contributed by atoms with Crippen molar-refractivity contribution in [3.8, 4) is 0 Å². The Morgan fingerprint density at radius 3 is 2.17 bits per heavy atom.